The molecule has 0 aliphatic carbocycles. The Bertz CT molecular complexity index is 950. The highest BCUT2D eigenvalue weighted by molar-refractivity contribution is 6.35. The van der Waals surface area contributed by atoms with Gasteiger partial charge >= 0.3 is 0 Å². The Morgan fingerprint density at radius 1 is 1.20 bits per heavy atom. The molecule has 1 atom stereocenters. The summed E-state index contributed by atoms with van der Waals surface area (Å²) in [5, 5.41) is 10.6. The molecule has 1 fully saturated rings. The van der Waals surface area contributed by atoms with Gasteiger partial charge in [-0.05, 0) is 42.8 Å². The summed E-state index contributed by atoms with van der Waals surface area (Å²) < 4.78 is 5.79. The summed E-state index contributed by atoms with van der Waals surface area (Å²) in [5.74, 6) is 0.266. The minimum atomic E-state index is -0.447. The highest BCUT2D eigenvalue weighted by Gasteiger charge is 2.25. The third-order valence-corrected chi connectivity index (χ3v) is 4.63. The van der Waals surface area contributed by atoms with Gasteiger partial charge in [0.15, 0.2) is 5.58 Å². The molecule has 1 aromatic heterocycles. The number of aliphatic hydroxyl groups is 1. The van der Waals surface area contributed by atoms with Crippen LogP contribution in [0.1, 0.15) is 16.8 Å². The molecule has 0 bridgehead atoms. The molecule has 2 heterocycles. The molecular formula is C18H14Cl2N2O3. The third-order valence-electron chi connectivity index (χ3n) is 4.20. The topological polar surface area (TPSA) is 66.6 Å². The highest BCUT2D eigenvalue weighted by Crippen LogP contribution is 2.30. The third kappa shape index (κ3) is 3.23. The molecule has 0 spiro atoms. The first-order valence-electron chi connectivity index (χ1n) is 7.84. The minimum Gasteiger partial charge on any atom is -0.436 e. The van der Waals surface area contributed by atoms with Crippen molar-refractivity contribution in [1.82, 2.24) is 9.88 Å². The number of oxazole rings is 1. The average molecular weight is 377 g/mol. The van der Waals surface area contributed by atoms with Gasteiger partial charge < -0.3 is 14.4 Å². The van der Waals surface area contributed by atoms with Crippen LogP contribution in [0.4, 0.5) is 0 Å². The van der Waals surface area contributed by atoms with Gasteiger partial charge in [0.2, 0.25) is 5.89 Å². The van der Waals surface area contributed by atoms with Crippen LogP contribution in [-0.4, -0.2) is 40.1 Å². The first-order valence-corrected chi connectivity index (χ1v) is 8.59. The zero-order valence-corrected chi connectivity index (χ0v) is 14.6. The van der Waals surface area contributed by atoms with Crippen LogP contribution < -0.4 is 0 Å². The van der Waals surface area contributed by atoms with Crippen LogP contribution in [0.3, 0.4) is 0 Å². The summed E-state index contributed by atoms with van der Waals surface area (Å²) in [7, 11) is 0. The quantitative estimate of drug-likeness (QED) is 0.733. The Labute approximate surface area is 153 Å². The van der Waals surface area contributed by atoms with Crippen molar-refractivity contribution in [3.05, 3.63) is 52.0 Å². The zero-order chi connectivity index (χ0) is 17.6. The molecule has 3 aromatic rings. The second kappa shape index (κ2) is 6.33. The van der Waals surface area contributed by atoms with Crippen molar-refractivity contribution < 1.29 is 14.3 Å². The molecular weight excluding hydrogens is 363 g/mol. The summed E-state index contributed by atoms with van der Waals surface area (Å²) >= 11 is 12.1. The number of hydrogen-bond acceptors (Lipinski definition) is 4. The largest absolute Gasteiger partial charge is 0.436 e. The average Bonchev–Trinajstić information content (AvgIpc) is 3.18. The van der Waals surface area contributed by atoms with Gasteiger partial charge in [0.05, 0.1) is 6.10 Å². The monoisotopic (exact) mass is 376 g/mol. The lowest BCUT2D eigenvalue weighted by atomic mass is 10.2. The molecule has 1 unspecified atom stereocenters. The van der Waals surface area contributed by atoms with E-state index < -0.39 is 6.10 Å². The van der Waals surface area contributed by atoms with Gasteiger partial charge in [-0.25, -0.2) is 4.98 Å². The van der Waals surface area contributed by atoms with E-state index in [1.54, 1.807) is 41.3 Å². The second-order valence-corrected chi connectivity index (χ2v) is 6.93. The predicted octanol–water partition coefficient (Wildman–Crippen LogP) is 4.01. The van der Waals surface area contributed by atoms with Gasteiger partial charge in [0.1, 0.15) is 5.52 Å². The molecule has 1 amide bonds. The van der Waals surface area contributed by atoms with Crippen molar-refractivity contribution in [3.63, 3.8) is 0 Å². The summed E-state index contributed by atoms with van der Waals surface area (Å²) in [6, 6.07) is 10.2. The number of aliphatic hydroxyl groups excluding tert-OH is 1. The van der Waals surface area contributed by atoms with Gasteiger partial charge in [0, 0.05) is 34.3 Å². The molecule has 0 saturated carbocycles. The SMILES string of the molecule is O=C(c1ccc2nc(-c3cc(Cl)cc(Cl)c3)oc2c1)N1CCC(O)C1. The fraction of sp³-hybridized carbons (Fsp3) is 0.222. The maximum atomic E-state index is 12.5. The standard InChI is InChI=1S/C18H14Cl2N2O3/c19-12-5-11(6-13(20)8-12)17-21-15-2-1-10(7-16(15)25-17)18(24)22-4-3-14(23)9-22/h1-2,5-8,14,23H,3-4,9H2. The highest BCUT2D eigenvalue weighted by atomic mass is 35.5. The minimum absolute atomic E-state index is 0.123. The van der Waals surface area contributed by atoms with Gasteiger partial charge in [-0.1, -0.05) is 23.2 Å². The molecule has 7 heteroatoms. The second-order valence-electron chi connectivity index (χ2n) is 6.05. The molecule has 1 saturated heterocycles. The van der Waals surface area contributed by atoms with E-state index in [1.807, 2.05) is 0 Å². The van der Waals surface area contributed by atoms with Crippen LogP contribution in [0.2, 0.25) is 10.0 Å². The Hall–Kier alpha value is -2.08. The van der Waals surface area contributed by atoms with E-state index in [0.29, 0.717) is 57.7 Å². The molecule has 5 nitrogen and oxygen atoms in total. The Morgan fingerprint density at radius 2 is 1.96 bits per heavy atom. The maximum absolute atomic E-state index is 12.5. The van der Waals surface area contributed by atoms with E-state index in [2.05, 4.69) is 4.98 Å². The lowest BCUT2D eigenvalue weighted by Crippen LogP contribution is -2.29. The number of amides is 1. The Balaban J connectivity index is 1.68. The van der Waals surface area contributed by atoms with Gasteiger partial charge in [0.25, 0.3) is 5.91 Å². The number of likely N-dealkylation sites (tertiary alicyclic amines) is 1. The Morgan fingerprint density at radius 3 is 2.64 bits per heavy atom. The fourth-order valence-corrected chi connectivity index (χ4v) is 3.49. The molecule has 2 aromatic carbocycles. The number of hydrogen-bond donors (Lipinski definition) is 1. The summed E-state index contributed by atoms with van der Waals surface area (Å²) in [5.41, 5.74) is 2.33. The number of aromatic nitrogens is 1. The summed E-state index contributed by atoms with van der Waals surface area (Å²) in [6.07, 6.45) is 0.160. The van der Waals surface area contributed by atoms with Crippen molar-refractivity contribution in [1.29, 1.82) is 0 Å². The fourth-order valence-electron chi connectivity index (χ4n) is 2.97. The van der Waals surface area contributed by atoms with Crippen LogP contribution in [0, 0.1) is 0 Å². The van der Waals surface area contributed by atoms with Crippen molar-refractivity contribution in [2.45, 2.75) is 12.5 Å². The number of rotatable bonds is 2. The van der Waals surface area contributed by atoms with Crippen LogP contribution in [0.5, 0.6) is 0 Å². The number of β-amino-alcohol motifs (C(OH)–C–C–N with tert-alkyl or cyclic N) is 1. The number of fused-ring (bicyclic) bond motifs is 1. The predicted molar refractivity (Wildman–Crippen MR) is 96.0 cm³/mol. The van der Waals surface area contributed by atoms with Gasteiger partial charge in [-0.2, -0.15) is 0 Å². The summed E-state index contributed by atoms with van der Waals surface area (Å²) in [6.45, 7) is 0.917. The zero-order valence-electron chi connectivity index (χ0n) is 13.1. The number of halogens is 2. The lowest BCUT2D eigenvalue weighted by Gasteiger charge is -2.15. The molecule has 4 rings (SSSR count). The van der Waals surface area contributed by atoms with Crippen LogP contribution in [-0.2, 0) is 0 Å². The summed E-state index contributed by atoms with van der Waals surface area (Å²) in [4.78, 5) is 18.6. The van der Waals surface area contributed by atoms with Crippen molar-refractivity contribution in [3.8, 4) is 11.5 Å². The van der Waals surface area contributed by atoms with E-state index in [0.717, 1.165) is 0 Å². The van der Waals surface area contributed by atoms with Crippen molar-refractivity contribution in [2.24, 2.45) is 0 Å². The van der Waals surface area contributed by atoms with E-state index in [4.69, 9.17) is 27.6 Å². The first kappa shape index (κ1) is 16.4. The van der Waals surface area contributed by atoms with Gasteiger partial charge in [-0.3, -0.25) is 4.79 Å². The number of carbonyl (C=O) groups is 1. The van der Waals surface area contributed by atoms with E-state index in [-0.39, 0.29) is 5.91 Å². The number of carbonyl (C=O) groups excluding carboxylic acids is 1. The molecule has 128 valence electrons. The normalized spacial score (nSPS) is 17.4. The van der Waals surface area contributed by atoms with Crippen molar-refractivity contribution >= 4 is 40.2 Å². The molecule has 1 N–H and O–H groups in total. The van der Waals surface area contributed by atoms with Crippen LogP contribution >= 0.6 is 23.2 Å². The maximum Gasteiger partial charge on any atom is 0.254 e. The Kier molecular flexibility index (Phi) is 4.15. The van der Waals surface area contributed by atoms with Crippen LogP contribution in [0.25, 0.3) is 22.6 Å². The van der Waals surface area contributed by atoms with E-state index in [9.17, 15) is 9.90 Å². The number of benzene rings is 2. The van der Waals surface area contributed by atoms with Gasteiger partial charge in [-0.15, -0.1) is 0 Å². The molecule has 25 heavy (non-hydrogen) atoms. The van der Waals surface area contributed by atoms with Crippen LogP contribution in [0.15, 0.2) is 40.8 Å². The molecule has 0 radical (unpaired) electrons. The number of nitrogens with zero attached hydrogens (tertiary/aromatic N) is 2. The van der Waals surface area contributed by atoms with E-state index >= 15 is 0 Å². The smallest absolute Gasteiger partial charge is 0.254 e. The lowest BCUT2D eigenvalue weighted by molar-refractivity contribution is 0.0765. The molecule has 1 aliphatic rings. The first-order chi connectivity index (χ1) is 12.0. The molecule has 1 aliphatic heterocycles. The van der Waals surface area contributed by atoms with Crippen molar-refractivity contribution in [2.75, 3.05) is 13.1 Å². The van der Waals surface area contributed by atoms with E-state index in [1.165, 1.54) is 0 Å².